The van der Waals surface area contributed by atoms with E-state index in [2.05, 4.69) is 9.60 Å². The van der Waals surface area contributed by atoms with Gasteiger partial charge in [0, 0.05) is 32.1 Å². The van der Waals surface area contributed by atoms with Crippen LogP contribution in [0.2, 0.25) is 0 Å². The first-order valence-electron chi connectivity index (χ1n) is 8.88. The Morgan fingerprint density at radius 2 is 1.96 bits per heavy atom. The molecule has 3 fully saturated rings. The first-order valence-corrected chi connectivity index (χ1v) is 10.2. The molecule has 0 aromatic heterocycles. The molecule has 28 heavy (non-hydrogen) atoms. The lowest BCUT2D eigenvalue weighted by atomic mass is 9.91. The Morgan fingerprint density at radius 1 is 1.29 bits per heavy atom. The number of urea groups is 1. The lowest BCUT2D eigenvalue weighted by molar-refractivity contribution is -0.131. The highest BCUT2D eigenvalue weighted by atomic mass is 32.3. The smallest absolute Gasteiger partial charge is 0.418 e. The molecule has 3 unspecified atom stereocenters. The predicted octanol–water partition coefficient (Wildman–Crippen LogP) is -0.418. The topological polar surface area (TPSA) is 146 Å². The van der Waals surface area contributed by atoms with Gasteiger partial charge in [-0.05, 0) is 27.2 Å². The van der Waals surface area contributed by atoms with E-state index in [1.54, 1.807) is 25.7 Å². The van der Waals surface area contributed by atoms with Crippen molar-refractivity contribution in [2.24, 2.45) is 5.92 Å². The number of piperidine rings is 1. The van der Waals surface area contributed by atoms with Crippen molar-refractivity contribution < 1.29 is 36.4 Å². The number of ether oxygens (including phenoxy) is 1. The summed E-state index contributed by atoms with van der Waals surface area (Å²) in [5.41, 5.74) is -0.620. The summed E-state index contributed by atoms with van der Waals surface area (Å²) in [4.78, 5) is 39.7. The van der Waals surface area contributed by atoms with Gasteiger partial charge in [0.05, 0.1) is 6.04 Å². The van der Waals surface area contributed by atoms with E-state index in [-0.39, 0.29) is 31.5 Å². The third-order valence-electron chi connectivity index (χ3n) is 4.77. The third kappa shape index (κ3) is 4.31. The first-order chi connectivity index (χ1) is 12.9. The van der Waals surface area contributed by atoms with E-state index in [9.17, 15) is 22.8 Å². The molecule has 0 aromatic carbocycles. The van der Waals surface area contributed by atoms with Crippen molar-refractivity contribution in [3.8, 4) is 0 Å². The minimum absolute atomic E-state index is 0.144. The molecule has 12 nitrogen and oxygen atoms in total. The molecule has 0 radical (unpaired) electrons. The number of hydroxylamine groups is 2. The van der Waals surface area contributed by atoms with E-state index in [0.29, 0.717) is 18.0 Å². The second kappa shape index (κ2) is 7.04. The number of carbonyl (C=O) groups is 3. The van der Waals surface area contributed by atoms with Gasteiger partial charge in [-0.3, -0.25) is 9.35 Å². The van der Waals surface area contributed by atoms with E-state index in [4.69, 9.17) is 9.29 Å². The Morgan fingerprint density at radius 3 is 2.57 bits per heavy atom. The van der Waals surface area contributed by atoms with Gasteiger partial charge in [0.2, 0.25) is 5.91 Å². The van der Waals surface area contributed by atoms with E-state index in [1.165, 1.54) is 4.90 Å². The van der Waals surface area contributed by atoms with Gasteiger partial charge in [-0.15, -0.1) is 4.28 Å². The van der Waals surface area contributed by atoms with Gasteiger partial charge >= 0.3 is 22.5 Å². The van der Waals surface area contributed by atoms with E-state index >= 15 is 0 Å². The van der Waals surface area contributed by atoms with Crippen LogP contribution in [0.4, 0.5) is 9.59 Å². The number of nitrogens with one attached hydrogen (secondary N) is 1. The highest BCUT2D eigenvalue weighted by Crippen LogP contribution is 2.38. The minimum Gasteiger partial charge on any atom is -0.444 e. The molecular weight excluding hydrogens is 396 g/mol. The molecule has 3 aliphatic rings. The normalized spacial score (nSPS) is 27.3. The first kappa shape index (κ1) is 20.6. The van der Waals surface area contributed by atoms with Gasteiger partial charge in [-0.1, -0.05) is 0 Å². The number of amides is 4. The molecule has 4 amide bonds. The SMILES string of the molecule is CC(C)(C)OC(=O)NCCN1CC2CC3CN(C(=O)N3OS(=O)(=O)O)C2C1=O. The van der Waals surface area contributed by atoms with Gasteiger partial charge < -0.3 is 19.9 Å². The van der Waals surface area contributed by atoms with Crippen LogP contribution in [0.1, 0.15) is 27.2 Å². The molecular formula is C15H24N4O8S. The average Bonchev–Trinajstić information content (AvgIpc) is 2.95. The van der Waals surface area contributed by atoms with Gasteiger partial charge in [0.15, 0.2) is 0 Å². The number of rotatable bonds is 5. The van der Waals surface area contributed by atoms with Crippen LogP contribution in [-0.4, -0.2) is 89.7 Å². The second-order valence-corrected chi connectivity index (χ2v) is 9.07. The molecule has 13 heteroatoms. The fourth-order valence-corrected chi connectivity index (χ4v) is 4.26. The molecule has 0 saturated carbocycles. The Labute approximate surface area is 162 Å². The summed E-state index contributed by atoms with van der Waals surface area (Å²) < 4.78 is 40.2. The number of likely N-dealkylation sites (tertiary alicyclic amines) is 1. The van der Waals surface area contributed by atoms with Gasteiger partial charge in [0.25, 0.3) is 0 Å². The monoisotopic (exact) mass is 420 g/mol. The highest BCUT2D eigenvalue weighted by molar-refractivity contribution is 7.80. The molecule has 3 heterocycles. The standard InChI is InChI=1S/C15H24N4O8S/c1-15(2,3)26-13(21)16-4-5-17-7-9-6-10-8-18(11(9)12(17)20)14(22)19(10)27-28(23,24)25/h9-11H,4-8H2,1-3H3,(H,16,21)(H,23,24,25). The number of carbonyl (C=O) groups excluding carboxylic acids is 3. The molecule has 158 valence electrons. The number of nitrogens with zero attached hydrogens (tertiary/aromatic N) is 3. The van der Waals surface area contributed by atoms with Crippen LogP contribution in [0.25, 0.3) is 0 Å². The molecule has 0 aliphatic carbocycles. The molecule has 0 spiro atoms. The lowest BCUT2D eigenvalue weighted by Gasteiger charge is -2.30. The third-order valence-corrected chi connectivity index (χ3v) is 5.12. The van der Waals surface area contributed by atoms with Gasteiger partial charge in [0.1, 0.15) is 11.6 Å². The molecule has 2 N–H and O–H groups in total. The molecule has 3 saturated heterocycles. The zero-order valence-corrected chi connectivity index (χ0v) is 16.6. The molecule has 3 atom stereocenters. The summed E-state index contributed by atoms with van der Waals surface area (Å²) in [6.45, 7) is 6.23. The van der Waals surface area contributed by atoms with E-state index in [0.717, 1.165) is 0 Å². The van der Waals surface area contributed by atoms with E-state index in [1.807, 2.05) is 0 Å². The van der Waals surface area contributed by atoms with Crippen LogP contribution in [0.5, 0.6) is 0 Å². The van der Waals surface area contributed by atoms with Crippen molar-refractivity contribution in [3.63, 3.8) is 0 Å². The average molecular weight is 420 g/mol. The van der Waals surface area contributed by atoms with Crippen molar-refractivity contribution in [2.45, 2.75) is 44.9 Å². The maximum absolute atomic E-state index is 12.7. The summed E-state index contributed by atoms with van der Waals surface area (Å²) in [5.74, 6) is -0.455. The fraction of sp³-hybridized carbons (Fsp3) is 0.800. The van der Waals surface area contributed by atoms with Crippen LogP contribution in [0.15, 0.2) is 0 Å². The highest BCUT2D eigenvalue weighted by Gasteiger charge is 2.57. The number of alkyl carbamates (subject to hydrolysis) is 1. The summed E-state index contributed by atoms with van der Waals surface area (Å²) in [7, 11) is -4.83. The molecule has 3 aliphatic heterocycles. The number of hydrogen-bond acceptors (Lipinski definition) is 7. The largest absolute Gasteiger partial charge is 0.444 e. The van der Waals surface area contributed by atoms with Gasteiger partial charge in [-0.2, -0.15) is 13.5 Å². The number of hydrogen-bond donors (Lipinski definition) is 2. The Bertz CT molecular complexity index is 779. The fourth-order valence-electron chi connectivity index (χ4n) is 3.87. The summed E-state index contributed by atoms with van der Waals surface area (Å²) in [5, 5.41) is 3.21. The minimum atomic E-state index is -4.83. The van der Waals surface area contributed by atoms with Crippen molar-refractivity contribution in [1.29, 1.82) is 0 Å². The van der Waals surface area contributed by atoms with Crippen molar-refractivity contribution in [3.05, 3.63) is 0 Å². The van der Waals surface area contributed by atoms with Crippen LogP contribution >= 0.6 is 0 Å². The Kier molecular flexibility index (Phi) is 5.18. The van der Waals surface area contributed by atoms with Crippen LogP contribution in [0, 0.1) is 5.92 Å². The molecule has 0 aromatic rings. The van der Waals surface area contributed by atoms with Crippen LogP contribution in [0.3, 0.4) is 0 Å². The lowest BCUT2D eigenvalue weighted by Crippen LogP contribution is -2.48. The summed E-state index contributed by atoms with van der Waals surface area (Å²) >= 11 is 0. The second-order valence-electron chi connectivity index (χ2n) is 8.07. The van der Waals surface area contributed by atoms with Crippen LogP contribution in [-0.2, 0) is 24.2 Å². The predicted molar refractivity (Wildman–Crippen MR) is 93.1 cm³/mol. The molecule has 2 bridgehead atoms. The molecule has 3 rings (SSSR count). The zero-order valence-electron chi connectivity index (χ0n) is 15.8. The van der Waals surface area contributed by atoms with Crippen molar-refractivity contribution in [1.82, 2.24) is 20.2 Å². The van der Waals surface area contributed by atoms with Crippen molar-refractivity contribution >= 4 is 28.4 Å². The van der Waals surface area contributed by atoms with Gasteiger partial charge in [-0.25, -0.2) is 9.59 Å². The zero-order chi connectivity index (χ0) is 20.9. The maximum atomic E-state index is 12.7. The summed E-state index contributed by atoms with van der Waals surface area (Å²) in [6, 6.07) is -2.04. The van der Waals surface area contributed by atoms with E-state index < -0.39 is 40.2 Å². The number of fused-ring (bicyclic) bond motifs is 4. The van der Waals surface area contributed by atoms with Crippen molar-refractivity contribution in [2.75, 3.05) is 26.2 Å². The quantitative estimate of drug-likeness (QED) is 0.571. The Balaban J connectivity index is 1.57. The Hall–Kier alpha value is -2.12. The summed E-state index contributed by atoms with van der Waals surface area (Å²) in [6.07, 6.45) is -0.211. The maximum Gasteiger partial charge on any atom is 0.418 e. The van der Waals surface area contributed by atoms with Crippen LogP contribution < -0.4 is 5.32 Å².